The first-order chi connectivity index (χ1) is 10.9. The number of amides is 1. The molecule has 1 atom stereocenters. The van der Waals surface area contributed by atoms with Crippen molar-refractivity contribution in [3.8, 4) is 5.75 Å². The van der Waals surface area contributed by atoms with E-state index in [2.05, 4.69) is 5.32 Å². The summed E-state index contributed by atoms with van der Waals surface area (Å²) in [6.45, 7) is 6.11. The molecule has 1 aliphatic rings. The van der Waals surface area contributed by atoms with Gasteiger partial charge in [0, 0.05) is 0 Å². The van der Waals surface area contributed by atoms with E-state index in [9.17, 15) is 4.79 Å². The lowest BCUT2D eigenvalue weighted by molar-refractivity contribution is 0.0449. The van der Waals surface area contributed by atoms with E-state index in [1.54, 1.807) is 0 Å². The zero-order valence-electron chi connectivity index (χ0n) is 14.5. The van der Waals surface area contributed by atoms with E-state index in [4.69, 9.17) is 9.47 Å². The molecule has 1 aliphatic carbocycles. The van der Waals surface area contributed by atoms with E-state index in [0.29, 0.717) is 12.5 Å². The summed E-state index contributed by atoms with van der Waals surface area (Å²) in [7, 11) is 0. The first-order valence-electron chi connectivity index (χ1n) is 8.61. The Morgan fingerprint density at radius 1 is 1.17 bits per heavy atom. The third-order valence-electron chi connectivity index (χ3n) is 4.09. The highest BCUT2D eigenvalue weighted by Crippen LogP contribution is 2.27. The summed E-state index contributed by atoms with van der Waals surface area (Å²) >= 11 is 0. The van der Waals surface area contributed by atoms with Gasteiger partial charge in [0.15, 0.2) is 0 Å². The number of alkyl carbamates (subject to hydrolysis) is 1. The summed E-state index contributed by atoms with van der Waals surface area (Å²) in [6, 6.07) is 9.73. The van der Waals surface area contributed by atoms with Crippen LogP contribution in [0.2, 0.25) is 0 Å². The molecule has 1 unspecified atom stereocenters. The minimum Gasteiger partial charge on any atom is -0.491 e. The van der Waals surface area contributed by atoms with Crippen LogP contribution < -0.4 is 10.1 Å². The van der Waals surface area contributed by atoms with Crippen LogP contribution in [0.15, 0.2) is 30.3 Å². The summed E-state index contributed by atoms with van der Waals surface area (Å²) in [6.07, 6.45) is 5.65. The second-order valence-electron chi connectivity index (χ2n) is 7.27. The lowest BCUT2D eigenvalue weighted by Crippen LogP contribution is -2.46. The molecule has 1 aromatic carbocycles. The maximum Gasteiger partial charge on any atom is 0.408 e. The van der Waals surface area contributed by atoms with Crippen LogP contribution in [0, 0.1) is 5.92 Å². The fourth-order valence-electron chi connectivity index (χ4n) is 2.99. The molecule has 4 nitrogen and oxygen atoms in total. The van der Waals surface area contributed by atoms with Gasteiger partial charge in [-0.15, -0.1) is 0 Å². The normalized spacial score (nSPS) is 17.3. The van der Waals surface area contributed by atoms with Crippen molar-refractivity contribution in [1.82, 2.24) is 5.32 Å². The zero-order valence-corrected chi connectivity index (χ0v) is 14.5. The van der Waals surface area contributed by atoms with E-state index in [1.807, 2.05) is 51.1 Å². The highest BCUT2D eigenvalue weighted by atomic mass is 16.6. The fraction of sp³-hybridized carbons (Fsp3) is 0.632. The number of hydrogen-bond acceptors (Lipinski definition) is 3. The average molecular weight is 319 g/mol. The summed E-state index contributed by atoms with van der Waals surface area (Å²) < 4.78 is 11.3. The highest BCUT2D eigenvalue weighted by Gasteiger charge is 2.27. The molecule has 1 aromatic rings. The molecule has 0 heterocycles. The van der Waals surface area contributed by atoms with Gasteiger partial charge < -0.3 is 14.8 Å². The van der Waals surface area contributed by atoms with Crippen LogP contribution in [0.3, 0.4) is 0 Å². The SMILES string of the molecule is CC(C)(C)OC(=O)NC(COc1ccccc1)C1CCCCC1. The largest absolute Gasteiger partial charge is 0.491 e. The van der Waals surface area contributed by atoms with Crippen molar-refractivity contribution in [2.24, 2.45) is 5.92 Å². The van der Waals surface area contributed by atoms with E-state index >= 15 is 0 Å². The zero-order chi connectivity index (χ0) is 16.7. The highest BCUT2D eigenvalue weighted by molar-refractivity contribution is 5.68. The fourth-order valence-corrected chi connectivity index (χ4v) is 2.99. The Morgan fingerprint density at radius 3 is 2.43 bits per heavy atom. The molecular weight excluding hydrogens is 290 g/mol. The Labute approximate surface area is 139 Å². The summed E-state index contributed by atoms with van der Waals surface area (Å²) in [5.41, 5.74) is -0.485. The van der Waals surface area contributed by atoms with E-state index in [0.717, 1.165) is 18.6 Å². The van der Waals surface area contributed by atoms with Gasteiger partial charge in [0.1, 0.15) is 18.0 Å². The number of carbonyl (C=O) groups is 1. The molecule has 0 radical (unpaired) electrons. The molecule has 4 heteroatoms. The van der Waals surface area contributed by atoms with Crippen molar-refractivity contribution in [3.63, 3.8) is 0 Å². The van der Waals surface area contributed by atoms with Crippen LogP contribution in [0.5, 0.6) is 5.75 Å². The number of hydrogen-bond donors (Lipinski definition) is 1. The van der Waals surface area contributed by atoms with Gasteiger partial charge >= 0.3 is 6.09 Å². The maximum atomic E-state index is 12.1. The first kappa shape index (κ1) is 17.6. The van der Waals surface area contributed by atoms with Crippen molar-refractivity contribution < 1.29 is 14.3 Å². The standard InChI is InChI=1S/C19H29NO3/c1-19(2,3)23-18(21)20-17(15-10-6-4-7-11-15)14-22-16-12-8-5-9-13-16/h5,8-9,12-13,15,17H,4,6-7,10-11,14H2,1-3H3,(H,20,21). The van der Waals surface area contributed by atoms with Crippen LogP contribution in [-0.4, -0.2) is 24.3 Å². The summed E-state index contributed by atoms with van der Waals surface area (Å²) in [5, 5.41) is 3.03. The molecule has 2 rings (SSSR count). The molecule has 1 amide bonds. The van der Waals surface area contributed by atoms with Crippen molar-refractivity contribution >= 4 is 6.09 Å². The van der Waals surface area contributed by atoms with Gasteiger partial charge in [-0.2, -0.15) is 0 Å². The van der Waals surface area contributed by atoms with Crippen LogP contribution in [0.25, 0.3) is 0 Å². The van der Waals surface area contributed by atoms with Gasteiger partial charge in [0.05, 0.1) is 6.04 Å². The summed E-state index contributed by atoms with van der Waals surface area (Å²) in [4.78, 5) is 12.1. The van der Waals surface area contributed by atoms with Crippen molar-refractivity contribution in [1.29, 1.82) is 0 Å². The second kappa shape index (κ2) is 8.23. The molecular formula is C19H29NO3. The topological polar surface area (TPSA) is 47.6 Å². The van der Waals surface area contributed by atoms with E-state index in [-0.39, 0.29) is 12.1 Å². The lowest BCUT2D eigenvalue weighted by atomic mass is 9.84. The van der Waals surface area contributed by atoms with Gasteiger partial charge in [0.25, 0.3) is 0 Å². The molecule has 0 bridgehead atoms. The number of para-hydroxylation sites is 1. The number of nitrogens with one attached hydrogen (secondary N) is 1. The predicted octanol–water partition coefficient (Wildman–Crippen LogP) is 4.54. The third-order valence-corrected chi connectivity index (χ3v) is 4.09. The van der Waals surface area contributed by atoms with Gasteiger partial charge in [-0.1, -0.05) is 37.5 Å². The van der Waals surface area contributed by atoms with Crippen LogP contribution >= 0.6 is 0 Å². The average Bonchev–Trinajstić information content (AvgIpc) is 2.51. The molecule has 0 aliphatic heterocycles. The molecule has 0 aromatic heterocycles. The second-order valence-corrected chi connectivity index (χ2v) is 7.27. The molecule has 1 N–H and O–H groups in total. The maximum absolute atomic E-state index is 12.1. The van der Waals surface area contributed by atoms with Crippen molar-refractivity contribution in [2.75, 3.05) is 6.61 Å². The van der Waals surface area contributed by atoms with Crippen LogP contribution in [-0.2, 0) is 4.74 Å². The summed E-state index contributed by atoms with van der Waals surface area (Å²) in [5.74, 6) is 1.29. The Balaban J connectivity index is 1.95. The monoisotopic (exact) mass is 319 g/mol. The quantitative estimate of drug-likeness (QED) is 0.867. The Kier molecular flexibility index (Phi) is 6.31. The van der Waals surface area contributed by atoms with E-state index < -0.39 is 5.60 Å². The van der Waals surface area contributed by atoms with Gasteiger partial charge in [-0.3, -0.25) is 0 Å². The molecule has 0 saturated heterocycles. The number of ether oxygens (including phenoxy) is 2. The Morgan fingerprint density at radius 2 is 1.83 bits per heavy atom. The van der Waals surface area contributed by atoms with E-state index in [1.165, 1.54) is 19.3 Å². The molecule has 1 saturated carbocycles. The molecule has 128 valence electrons. The van der Waals surface area contributed by atoms with Crippen molar-refractivity contribution in [2.45, 2.75) is 64.5 Å². The van der Waals surface area contributed by atoms with Crippen LogP contribution in [0.4, 0.5) is 4.79 Å². The first-order valence-corrected chi connectivity index (χ1v) is 8.61. The molecule has 23 heavy (non-hydrogen) atoms. The number of benzene rings is 1. The minimum atomic E-state index is -0.485. The number of carbonyl (C=O) groups excluding carboxylic acids is 1. The smallest absolute Gasteiger partial charge is 0.408 e. The third kappa shape index (κ3) is 6.51. The Hall–Kier alpha value is -1.71. The van der Waals surface area contributed by atoms with Gasteiger partial charge in [-0.25, -0.2) is 4.79 Å². The van der Waals surface area contributed by atoms with Crippen LogP contribution in [0.1, 0.15) is 52.9 Å². The van der Waals surface area contributed by atoms with Gasteiger partial charge in [-0.05, 0) is 51.7 Å². The molecule has 0 spiro atoms. The lowest BCUT2D eigenvalue weighted by Gasteiger charge is -2.31. The Bertz CT molecular complexity index is 475. The minimum absolute atomic E-state index is 0.00893. The molecule has 1 fully saturated rings. The number of rotatable bonds is 5. The van der Waals surface area contributed by atoms with Gasteiger partial charge in [0.2, 0.25) is 0 Å². The predicted molar refractivity (Wildman–Crippen MR) is 91.7 cm³/mol. The van der Waals surface area contributed by atoms with Crippen molar-refractivity contribution in [3.05, 3.63) is 30.3 Å².